The Morgan fingerprint density at radius 3 is 2.50 bits per heavy atom. The number of nitrogens with one attached hydrogen (secondary N) is 2. The molecule has 1 heterocycles. The van der Waals surface area contributed by atoms with Crippen LogP contribution < -0.4 is 10.5 Å². The zero-order valence-corrected chi connectivity index (χ0v) is 15.7. The molecule has 2 aromatic rings. The van der Waals surface area contributed by atoms with E-state index >= 15 is 0 Å². The number of rotatable bonds is 7. The molecule has 0 spiro atoms. The third-order valence-electron chi connectivity index (χ3n) is 4.64. The van der Waals surface area contributed by atoms with Gasteiger partial charge < -0.3 is 10.6 Å². The Bertz CT molecular complexity index is 994. The monoisotopic (exact) mass is 373 g/mol. The highest BCUT2D eigenvalue weighted by atomic mass is 32.2. The van der Waals surface area contributed by atoms with Gasteiger partial charge in [0.15, 0.2) is 5.84 Å². The second kappa shape index (κ2) is 7.14. The van der Waals surface area contributed by atoms with Gasteiger partial charge in [-0.25, -0.2) is 18.1 Å². The van der Waals surface area contributed by atoms with Crippen molar-refractivity contribution in [2.75, 3.05) is 26.2 Å². The van der Waals surface area contributed by atoms with Gasteiger partial charge in [-0.2, -0.15) is 0 Å². The number of amidine groups is 2. The summed E-state index contributed by atoms with van der Waals surface area (Å²) in [5, 5.41) is 9.48. The average molecular weight is 373 g/mol. The molecule has 7 nitrogen and oxygen atoms in total. The third-order valence-corrected chi connectivity index (χ3v) is 6.09. The van der Waals surface area contributed by atoms with Crippen LogP contribution >= 0.6 is 0 Å². The van der Waals surface area contributed by atoms with Gasteiger partial charge in [0, 0.05) is 24.2 Å². The Morgan fingerprint density at radius 2 is 1.81 bits per heavy atom. The Labute approximate surface area is 153 Å². The molecule has 1 aliphatic heterocycles. The first kappa shape index (κ1) is 18.5. The summed E-state index contributed by atoms with van der Waals surface area (Å²) in [7, 11) is -3.59. The standard InChI is InChI=1S/C18H23N5O2S/c1-3-23(4-2)8-7-21-26(24,25)14-6-5-12-10-15-16(11-13(12)9-14)18(20)22-17(15)19/h5-6,9-11,21H,3-4,7-8H2,1-2H3,(H3,19,20,22). The quantitative estimate of drug-likeness (QED) is 0.683. The molecular formula is C18H23N5O2S. The van der Waals surface area contributed by atoms with Gasteiger partial charge in [-0.15, -0.1) is 0 Å². The zero-order valence-electron chi connectivity index (χ0n) is 14.9. The van der Waals surface area contributed by atoms with Crippen molar-refractivity contribution in [2.45, 2.75) is 18.7 Å². The molecule has 0 radical (unpaired) electrons. The minimum absolute atomic E-state index is 0.102. The van der Waals surface area contributed by atoms with Crippen LogP contribution in [0.5, 0.6) is 0 Å². The first-order valence-electron chi connectivity index (χ1n) is 8.59. The predicted octanol–water partition coefficient (Wildman–Crippen LogP) is 1.50. The molecule has 8 heteroatoms. The lowest BCUT2D eigenvalue weighted by molar-refractivity contribution is 0.309. The number of benzene rings is 2. The van der Waals surface area contributed by atoms with E-state index in [9.17, 15) is 8.42 Å². The maximum absolute atomic E-state index is 12.6. The number of hydrogen-bond acceptors (Lipinski definition) is 5. The molecule has 1 aliphatic rings. The van der Waals surface area contributed by atoms with Crippen molar-refractivity contribution in [3.8, 4) is 0 Å². The fourth-order valence-electron chi connectivity index (χ4n) is 3.05. The normalized spacial score (nSPS) is 14.1. The molecule has 0 amide bonds. The lowest BCUT2D eigenvalue weighted by Gasteiger charge is -2.18. The molecule has 0 fully saturated rings. The van der Waals surface area contributed by atoms with E-state index in [2.05, 4.69) is 14.6 Å². The first-order chi connectivity index (χ1) is 12.4. The Balaban J connectivity index is 1.86. The van der Waals surface area contributed by atoms with Gasteiger partial charge in [0.05, 0.1) is 4.90 Å². The van der Waals surface area contributed by atoms with E-state index in [0.717, 1.165) is 29.4 Å². The van der Waals surface area contributed by atoms with Gasteiger partial charge in [-0.3, -0.25) is 5.41 Å². The van der Waals surface area contributed by atoms with Crippen LogP contribution in [0.3, 0.4) is 0 Å². The van der Waals surface area contributed by atoms with E-state index in [1.54, 1.807) is 24.3 Å². The Morgan fingerprint density at radius 1 is 1.12 bits per heavy atom. The number of aliphatic imine (C=N–C) groups is 1. The van der Waals surface area contributed by atoms with E-state index in [4.69, 9.17) is 11.1 Å². The van der Waals surface area contributed by atoms with Crippen molar-refractivity contribution in [3.63, 3.8) is 0 Å². The van der Waals surface area contributed by atoms with Crippen molar-refractivity contribution < 1.29 is 8.42 Å². The van der Waals surface area contributed by atoms with Crippen LogP contribution in [-0.2, 0) is 10.0 Å². The molecule has 26 heavy (non-hydrogen) atoms. The summed E-state index contributed by atoms with van der Waals surface area (Å²) in [6.07, 6.45) is 0. The molecule has 0 atom stereocenters. The second-order valence-corrected chi connectivity index (χ2v) is 7.94. The number of nitrogens with two attached hydrogens (primary N) is 1. The van der Waals surface area contributed by atoms with Crippen LogP contribution in [0.1, 0.15) is 25.0 Å². The van der Waals surface area contributed by atoms with Crippen molar-refractivity contribution in [3.05, 3.63) is 41.5 Å². The van der Waals surface area contributed by atoms with Crippen molar-refractivity contribution in [1.82, 2.24) is 9.62 Å². The fraction of sp³-hybridized carbons (Fsp3) is 0.333. The number of sulfonamides is 1. The van der Waals surface area contributed by atoms with Crippen LogP contribution in [0.15, 0.2) is 40.2 Å². The number of fused-ring (bicyclic) bond motifs is 2. The van der Waals surface area contributed by atoms with E-state index < -0.39 is 10.0 Å². The van der Waals surface area contributed by atoms with E-state index in [0.29, 0.717) is 24.5 Å². The Kier molecular flexibility index (Phi) is 5.08. The summed E-state index contributed by atoms with van der Waals surface area (Å²) in [5.74, 6) is 0.423. The lowest BCUT2D eigenvalue weighted by Crippen LogP contribution is -2.34. The minimum Gasteiger partial charge on any atom is -0.383 e. The topological polar surface area (TPSA) is 112 Å². The van der Waals surface area contributed by atoms with E-state index in [1.807, 2.05) is 19.9 Å². The zero-order chi connectivity index (χ0) is 18.9. The summed E-state index contributed by atoms with van der Waals surface area (Å²) < 4.78 is 27.8. The van der Waals surface area contributed by atoms with E-state index in [1.165, 1.54) is 0 Å². The second-order valence-electron chi connectivity index (χ2n) is 6.18. The summed E-state index contributed by atoms with van der Waals surface area (Å²) in [5.41, 5.74) is 7.17. The Hall–Kier alpha value is -2.29. The maximum atomic E-state index is 12.6. The van der Waals surface area contributed by atoms with Crippen LogP contribution in [0, 0.1) is 5.41 Å². The van der Waals surface area contributed by atoms with Crippen molar-refractivity contribution >= 4 is 32.5 Å². The maximum Gasteiger partial charge on any atom is 0.240 e. The van der Waals surface area contributed by atoms with Crippen LogP contribution in [0.4, 0.5) is 0 Å². The van der Waals surface area contributed by atoms with Gasteiger partial charge in [0.2, 0.25) is 10.0 Å². The van der Waals surface area contributed by atoms with Crippen LogP contribution in [0.25, 0.3) is 10.8 Å². The number of hydrogen-bond donors (Lipinski definition) is 3. The first-order valence-corrected chi connectivity index (χ1v) is 10.1. The van der Waals surface area contributed by atoms with Crippen molar-refractivity contribution in [1.29, 1.82) is 5.41 Å². The van der Waals surface area contributed by atoms with Crippen LogP contribution in [0.2, 0.25) is 0 Å². The molecule has 0 saturated carbocycles. The summed E-state index contributed by atoms with van der Waals surface area (Å²) in [6, 6.07) is 8.57. The molecule has 138 valence electrons. The van der Waals surface area contributed by atoms with Gasteiger partial charge in [-0.05, 0) is 48.1 Å². The molecular weight excluding hydrogens is 350 g/mol. The summed E-state index contributed by atoms with van der Waals surface area (Å²) in [6.45, 7) is 6.90. The summed E-state index contributed by atoms with van der Waals surface area (Å²) in [4.78, 5) is 6.33. The third kappa shape index (κ3) is 3.48. The van der Waals surface area contributed by atoms with Gasteiger partial charge in [0.1, 0.15) is 5.84 Å². The van der Waals surface area contributed by atoms with E-state index in [-0.39, 0.29) is 10.7 Å². The molecule has 4 N–H and O–H groups in total. The molecule has 0 aliphatic carbocycles. The largest absolute Gasteiger partial charge is 0.383 e. The highest BCUT2D eigenvalue weighted by Gasteiger charge is 2.20. The molecule has 2 aromatic carbocycles. The van der Waals surface area contributed by atoms with Gasteiger partial charge >= 0.3 is 0 Å². The fourth-order valence-corrected chi connectivity index (χ4v) is 4.11. The molecule has 0 saturated heterocycles. The molecule has 3 rings (SSSR count). The minimum atomic E-state index is -3.59. The lowest BCUT2D eigenvalue weighted by atomic mass is 10.0. The molecule has 0 bridgehead atoms. The highest BCUT2D eigenvalue weighted by molar-refractivity contribution is 7.89. The predicted molar refractivity (Wildman–Crippen MR) is 104 cm³/mol. The molecule has 0 aromatic heterocycles. The number of likely N-dealkylation sites (N-methyl/N-ethyl adjacent to an activating group) is 1. The molecule has 0 unspecified atom stereocenters. The van der Waals surface area contributed by atoms with Gasteiger partial charge in [0.25, 0.3) is 0 Å². The van der Waals surface area contributed by atoms with Crippen LogP contribution in [-0.4, -0.2) is 51.2 Å². The van der Waals surface area contributed by atoms with Crippen molar-refractivity contribution in [2.24, 2.45) is 10.7 Å². The van der Waals surface area contributed by atoms with Gasteiger partial charge in [-0.1, -0.05) is 19.9 Å². The smallest absolute Gasteiger partial charge is 0.240 e. The highest BCUT2D eigenvalue weighted by Crippen LogP contribution is 2.26. The number of nitrogens with zero attached hydrogens (tertiary/aromatic N) is 2. The average Bonchev–Trinajstić information content (AvgIpc) is 2.90. The SMILES string of the molecule is CCN(CC)CCNS(=O)(=O)c1ccc2cc3c(cc2c1)C(=N)N=C3N. The summed E-state index contributed by atoms with van der Waals surface area (Å²) >= 11 is 0.